The van der Waals surface area contributed by atoms with Crippen LogP contribution in [0.15, 0.2) is 72.8 Å². The van der Waals surface area contributed by atoms with Crippen LogP contribution in [0.4, 0.5) is 0 Å². The minimum atomic E-state index is -1.02. The van der Waals surface area contributed by atoms with Crippen LogP contribution in [0.1, 0.15) is 128 Å². The van der Waals surface area contributed by atoms with Gasteiger partial charge in [-0.3, -0.25) is 38.4 Å². The first-order valence-electron chi connectivity index (χ1n) is 25.8. The molecule has 0 aliphatic rings. The highest BCUT2D eigenvalue weighted by Crippen LogP contribution is 2.26. The third-order valence-corrected chi connectivity index (χ3v) is 13.0. The number of hydrogen-bond donors (Lipinski definition) is 8. The van der Waals surface area contributed by atoms with Gasteiger partial charge in [-0.1, -0.05) is 24.3 Å². The molecule has 0 radical (unpaired) electrons. The van der Waals surface area contributed by atoms with Crippen LogP contribution in [-0.2, 0) is 44.9 Å². The van der Waals surface area contributed by atoms with E-state index in [0.717, 1.165) is 0 Å². The van der Waals surface area contributed by atoms with E-state index in [1.54, 1.807) is 55.5 Å². The maximum Gasteiger partial charge on any atom is 0.255 e. The van der Waals surface area contributed by atoms with Crippen molar-refractivity contribution in [1.29, 1.82) is 0 Å². The minimum absolute atomic E-state index is 0.00169. The number of unbranched alkanes of at least 4 members (excludes halogenated alkanes) is 3. The van der Waals surface area contributed by atoms with Crippen molar-refractivity contribution in [3.05, 3.63) is 117 Å². The number of nitrogens with two attached hydrogens (primary N) is 5. The second kappa shape index (κ2) is 31.5. The fourth-order valence-corrected chi connectivity index (χ4v) is 8.65. The Bertz CT molecular complexity index is 2710. The third kappa shape index (κ3) is 18.6. The van der Waals surface area contributed by atoms with Crippen LogP contribution in [-0.4, -0.2) is 119 Å². The van der Waals surface area contributed by atoms with Gasteiger partial charge in [0.2, 0.25) is 0 Å². The summed E-state index contributed by atoms with van der Waals surface area (Å²) in [6, 6.07) is 15.2. The largest absolute Gasteiger partial charge is 0.496 e. The van der Waals surface area contributed by atoms with Crippen molar-refractivity contribution in [2.75, 3.05) is 48.1 Å². The van der Waals surface area contributed by atoms with Gasteiger partial charge < -0.3 is 63.6 Å². The van der Waals surface area contributed by atoms with E-state index in [1.165, 1.54) is 52.7 Å². The van der Waals surface area contributed by atoms with Crippen molar-refractivity contribution < 1.29 is 57.3 Å². The summed E-state index contributed by atoms with van der Waals surface area (Å²) in [5.41, 5.74) is 30.9. The monoisotopic (exact) mass is 1060 g/mol. The maximum atomic E-state index is 14.3. The number of methoxy groups -OCH3 is 4. The number of amides is 4. The predicted octanol–water partition coefficient (Wildman–Crippen LogP) is 3.40. The van der Waals surface area contributed by atoms with Crippen molar-refractivity contribution >= 4 is 46.8 Å². The van der Waals surface area contributed by atoms with Crippen molar-refractivity contribution in [3.63, 3.8) is 0 Å². The molecular weight excluding hydrogens is 989 g/mol. The van der Waals surface area contributed by atoms with Gasteiger partial charge in [0.05, 0.1) is 74.9 Å². The van der Waals surface area contributed by atoms with Gasteiger partial charge in [-0.25, -0.2) is 0 Å². The number of carbonyl (C=O) groups excluding carboxylic acids is 8. The quantitative estimate of drug-likeness (QED) is 0.0306. The fourth-order valence-electron chi connectivity index (χ4n) is 8.65. The van der Waals surface area contributed by atoms with Gasteiger partial charge in [0.25, 0.3) is 23.6 Å². The molecule has 4 rings (SSSR count). The second-order valence-electron chi connectivity index (χ2n) is 18.8. The van der Waals surface area contributed by atoms with Gasteiger partial charge in [-0.2, -0.15) is 0 Å². The Labute approximate surface area is 450 Å². The van der Waals surface area contributed by atoms with Crippen LogP contribution in [0.5, 0.6) is 23.0 Å². The van der Waals surface area contributed by atoms with E-state index in [4.69, 9.17) is 47.6 Å². The molecule has 4 aromatic carbocycles. The summed E-state index contributed by atoms with van der Waals surface area (Å²) in [6.45, 7) is 2.69. The number of rotatable bonds is 35. The Morgan fingerprint density at radius 2 is 0.675 bits per heavy atom. The maximum absolute atomic E-state index is 14.3. The molecule has 20 heteroatoms. The smallest absolute Gasteiger partial charge is 0.255 e. The van der Waals surface area contributed by atoms with Crippen LogP contribution in [0.3, 0.4) is 0 Å². The lowest BCUT2D eigenvalue weighted by molar-refractivity contribution is -0.121. The van der Waals surface area contributed by atoms with E-state index in [-0.39, 0.29) is 113 Å². The SMILES string of the molecule is COc1ccc(CC(=O)[C@H](CCCCN)NC(=O)c2cc(CC(=O)[C@H](CCCCN)NC(=O)c3cc(CC(=O)[C@H](CCCCN)NC(=O)c4cc(CC(=O)[C@H](C)N)ccc4OC)ccc3OC)ccc2OC)cc1C(N)=O. The molecule has 0 unspecified atom stereocenters. The number of benzene rings is 4. The van der Waals surface area contributed by atoms with Crippen LogP contribution >= 0.6 is 0 Å². The Morgan fingerprint density at radius 3 is 0.922 bits per heavy atom. The molecule has 20 nitrogen and oxygen atoms in total. The topological polar surface area (TPSA) is 340 Å². The highest BCUT2D eigenvalue weighted by atomic mass is 16.5. The molecule has 0 aromatic heterocycles. The number of Topliss-reactive ketones (excluding diaryl/α,β-unsaturated/α-hetero) is 4. The standard InChI is InChI=1S/C57H76N8O12/c1-34(61)46(66)30-36-16-20-51(75-3)40(27-36)55(71)64-44(13-7-10-24-59)48(68)32-38-18-22-53(77-5)42(29-38)57(73)65-45(14-8-11-25-60)49(69)33-37-17-21-52(76-4)41(28-37)56(72)63-43(12-6-9-23-58)47(67)31-35-15-19-50(74-2)39(26-35)54(62)70/h15-22,26-29,34,43-45H,6-14,23-25,30-33,58-61H2,1-5H3,(H2,62,70)(H,63,72)(H,64,71)(H,65,73)/t34-,43-,44-,45-/m0/s1. The van der Waals surface area contributed by atoms with Crippen LogP contribution in [0.25, 0.3) is 0 Å². The number of carbonyl (C=O) groups is 8. The molecule has 0 saturated heterocycles. The number of nitrogens with one attached hydrogen (secondary N) is 3. The Hall–Kier alpha value is -7.52. The van der Waals surface area contributed by atoms with E-state index in [2.05, 4.69) is 16.0 Å². The molecule has 4 atom stereocenters. The van der Waals surface area contributed by atoms with E-state index in [1.807, 2.05) is 0 Å². The van der Waals surface area contributed by atoms with Crippen molar-refractivity contribution in [2.45, 2.75) is 115 Å². The normalized spacial score (nSPS) is 12.5. The summed E-state index contributed by atoms with van der Waals surface area (Å²) >= 11 is 0. The molecule has 0 spiro atoms. The summed E-state index contributed by atoms with van der Waals surface area (Å²) < 4.78 is 21.8. The molecule has 0 fully saturated rings. The Kier molecular flexibility index (Phi) is 25.4. The van der Waals surface area contributed by atoms with Crippen LogP contribution < -0.4 is 63.6 Å². The lowest BCUT2D eigenvalue weighted by atomic mass is 9.95. The van der Waals surface area contributed by atoms with E-state index in [9.17, 15) is 38.4 Å². The second-order valence-corrected chi connectivity index (χ2v) is 18.8. The van der Waals surface area contributed by atoms with E-state index in [0.29, 0.717) is 80.4 Å². The number of primary amides is 1. The Morgan fingerprint density at radius 1 is 0.416 bits per heavy atom. The zero-order valence-corrected chi connectivity index (χ0v) is 44.8. The highest BCUT2D eigenvalue weighted by molar-refractivity contribution is 6.03. The first kappa shape index (κ1) is 62.0. The molecule has 77 heavy (non-hydrogen) atoms. The van der Waals surface area contributed by atoms with E-state index < -0.39 is 47.8 Å². The number of ketones is 4. The van der Waals surface area contributed by atoms with Gasteiger partial charge in [-0.05, 0) is 155 Å². The molecule has 13 N–H and O–H groups in total. The summed E-state index contributed by atoms with van der Waals surface area (Å²) in [6.07, 6.45) is 3.57. The average molecular weight is 1070 g/mol. The molecule has 0 saturated carbocycles. The number of hydrogen-bond acceptors (Lipinski definition) is 16. The van der Waals surface area contributed by atoms with Crippen LogP contribution in [0.2, 0.25) is 0 Å². The lowest BCUT2D eigenvalue weighted by Crippen LogP contribution is -2.42. The molecule has 4 amide bonds. The van der Waals surface area contributed by atoms with Gasteiger partial charge in [0.1, 0.15) is 23.0 Å². The zero-order valence-electron chi connectivity index (χ0n) is 44.8. The Balaban J connectivity index is 1.56. The summed E-state index contributed by atoms with van der Waals surface area (Å²) in [4.78, 5) is 109. The lowest BCUT2D eigenvalue weighted by Gasteiger charge is -2.21. The molecular formula is C57H76N8O12. The molecule has 4 aromatic rings. The first-order chi connectivity index (χ1) is 36.9. The fraction of sp³-hybridized carbons (Fsp3) is 0.439. The summed E-state index contributed by atoms with van der Waals surface area (Å²) in [7, 11) is 5.58. The van der Waals surface area contributed by atoms with Gasteiger partial charge in [-0.15, -0.1) is 0 Å². The molecule has 0 aliphatic heterocycles. The average Bonchev–Trinajstić information content (AvgIpc) is 3.41. The number of ether oxygens (including phenoxy) is 4. The minimum Gasteiger partial charge on any atom is -0.496 e. The van der Waals surface area contributed by atoms with E-state index >= 15 is 0 Å². The summed E-state index contributed by atoms with van der Waals surface area (Å²) in [5, 5.41) is 8.58. The van der Waals surface area contributed by atoms with Gasteiger partial charge >= 0.3 is 0 Å². The van der Waals surface area contributed by atoms with Crippen molar-refractivity contribution in [3.8, 4) is 23.0 Å². The molecule has 416 valence electrons. The third-order valence-electron chi connectivity index (χ3n) is 13.0. The summed E-state index contributed by atoms with van der Waals surface area (Å²) in [5.74, 6) is -2.98. The molecule has 0 heterocycles. The van der Waals surface area contributed by atoms with Gasteiger partial charge in [0, 0.05) is 25.7 Å². The molecule has 0 bridgehead atoms. The van der Waals surface area contributed by atoms with Gasteiger partial charge in [0.15, 0.2) is 23.1 Å². The van der Waals surface area contributed by atoms with Crippen LogP contribution in [0, 0.1) is 0 Å². The highest BCUT2D eigenvalue weighted by Gasteiger charge is 2.29. The first-order valence-corrected chi connectivity index (χ1v) is 25.8. The molecule has 0 aliphatic carbocycles. The van der Waals surface area contributed by atoms with Crippen molar-refractivity contribution in [2.24, 2.45) is 28.7 Å². The van der Waals surface area contributed by atoms with Crippen molar-refractivity contribution in [1.82, 2.24) is 16.0 Å². The predicted molar refractivity (Wildman–Crippen MR) is 291 cm³/mol. The zero-order chi connectivity index (χ0) is 56.6.